The second-order valence-electron chi connectivity index (χ2n) is 6.86. The second kappa shape index (κ2) is 6.70. The van der Waals surface area contributed by atoms with Gasteiger partial charge in [-0.2, -0.15) is 0 Å². The molecule has 2 aliphatic rings. The average molecular weight is 343 g/mol. The van der Waals surface area contributed by atoms with Gasteiger partial charge in [-0.1, -0.05) is 12.2 Å². The summed E-state index contributed by atoms with van der Waals surface area (Å²) in [6, 6.07) is 6.40. The first kappa shape index (κ1) is 17.2. The molecule has 0 aromatic heterocycles. The van der Waals surface area contributed by atoms with Crippen LogP contribution in [0.1, 0.15) is 30.6 Å². The average Bonchev–Trinajstić information content (AvgIpc) is 3.15. The molecule has 1 amide bonds. The van der Waals surface area contributed by atoms with E-state index < -0.39 is 23.8 Å². The van der Waals surface area contributed by atoms with Crippen LogP contribution >= 0.6 is 0 Å². The minimum absolute atomic E-state index is 0.0219. The standard InChI is InChI=1S/C19H21NO5/c1-10(2)25-19(24)11-5-7-14(8-6-11)20-17(21)15-12-3-4-13(9-12)16(15)18(22)23/h3-8,10,12-13,15-16H,9H2,1-2H3,(H,20,21)(H,22,23)/t12-,13+,15+,16+/m1/s1. The topological polar surface area (TPSA) is 92.7 Å². The number of hydrogen-bond donors (Lipinski definition) is 2. The monoisotopic (exact) mass is 343 g/mol. The molecule has 2 N–H and O–H groups in total. The number of rotatable bonds is 5. The number of carbonyl (C=O) groups excluding carboxylic acids is 2. The number of carboxylic acid groups (broad SMARTS) is 1. The zero-order valence-corrected chi connectivity index (χ0v) is 14.1. The number of allylic oxidation sites excluding steroid dienone is 2. The lowest BCUT2D eigenvalue weighted by molar-refractivity contribution is -0.146. The Morgan fingerprint density at radius 1 is 1.08 bits per heavy atom. The maximum atomic E-state index is 12.6. The van der Waals surface area contributed by atoms with Gasteiger partial charge in [-0.05, 0) is 56.4 Å². The van der Waals surface area contributed by atoms with E-state index in [0.717, 1.165) is 6.42 Å². The lowest BCUT2D eigenvalue weighted by Gasteiger charge is -2.23. The molecule has 1 aromatic carbocycles. The van der Waals surface area contributed by atoms with Crippen molar-refractivity contribution in [2.75, 3.05) is 5.32 Å². The lowest BCUT2D eigenvalue weighted by Crippen LogP contribution is -2.36. The van der Waals surface area contributed by atoms with Crippen LogP contribution in [0.2, 0.25) is 0 Å². The maximum absolute atomic E-state index is 12.6. The van der Waals surface area contributed by atoms with Gasteiger partial charge in [-0.25, -0.2) is 4.79 Å². The van der Waals surface area contributed by atoms with E-state index in [1.807, 2.05) is 12.2 Å². The summed E-state index contributed by atoms with van der Waals surface area (Å²) in [4.78, 5) is 35.9. The Kier molecular flexibility index (Phi) is 4.61. The third-order valence-corrected chi connectivity index (χ3v) is 4.78. The van der Waals surface area contributed by atoms with Crippen molar-refractivity contribution < 1.29 is 24.2 Å². The molecule has 0 radical (unpaired) electrons. The summed E-state index contributed by atoms with van der Waals surface area (Å²) in [5.74, 6) is -2.95. The highest BCUT2D eigenvalue weighted by Gasteiger charge is 2.51. The highest BCUT2D eigenvalue weighted by molar-refractivity contribution is 5.97. The van der Waals surface area contributed by atoms with Gasteiger partial charge in [0.15, 0.2) is 0 Å². The summed E-state index contributed by atoms with van der Waals surface area (Å²) < 4.78 is 5.11. The number of amides is 1. The predicted octanol–water partition coefficient (Wildman–Crippen LogP) is 2.71. The van der Waals surface area contributed by atoms with Gasteiger partial charge < -0.3 is 15.2 Å². The fourth-order valence-corrected chi connectivity index (χ4v) is 3.71. The number of anilines is 1. The molecule has 2 aliphatic carbocycles. The van der Waals surface area contributed by atoms with Gasteiger partial charge >= 0.3 is 11.9 Å². The normalized spacial score (nSPS) is 26.7. The summed E-state index contributed by atoms with van der Waals surface area (Å²) in [6.45, 7) is 3.55. The summed E-state index contributed by atoms with van der Waals surface area (Å²) in [5, 5.41) is 12.2. The van der Waals surface area contributed by atoms with Gasteiger partial charge in [0, 0.05) is 5.69 Å². The zero-order valence-electron chi connectivity index (χ0n) is 14.1. The molecule has 0 aliphatic heterocycles. The molecule has 6 heteroatoms. The molecular formula is C19H21NO5. The molecule has 0 saturated heterocycles. The van der Waals surface area contributed by atoms with Crippen LogP contribution in [0.25, 0.3) is 0 Å². The van der Waals surface area contributed by atoms with Crippen LogP contribution in [0.15, 0.2) is 36.4 Å². The Balaban J connectivity index is 1.68. The highest BCUT2D eigenvalue weighted by Crippen LogP contribution is 2.48. The molecular weight excluding hydrogens is 322 g/mol. The van der Waals surface area contributed by atoms with Crippen molar-refractivity contribution in [1.29, 1.82) is 0 Å². The van der Waals surface area contributed by atoms with E-state index in [-0.39, 0.29) is 23.8 Å². The fraction of sp³-hybridized carbons (Fsp3) is 0.421. The first-order valence-electron chi connectivity index (χ1n) is 8.40. The van der Waals surface area contributed by atoms with Crippen molar-refractivity contribution >= 4 is 23.5 Å². The van der Waals surface area contributed by atoms with Crippen LogP contribution in [-0.4, -0.2) is 29.1 Å². The Labute approximate surface area is 145 Å². The number of ether oxygens (including phenoxy) is 1. The van der Waals surface area contributed by atoms with E-state index in [0.29, 0.717) is 11.3 Å². The summed E-state index contributed by atoms with van der Waals surface area (Å²) in [6.07, 6.45) is 4.36. The molecule has 2 bridgehead atoms. The van der Waals surface area contributed by atoms with Crippen LogP contribution in [0.5, 0.6) is 0 Å². The van der Waals surface area contributed by atoms with Gasteiger partial charge in [0.1, 0.15) is 0 Å². The van der Waals surface area contributed by atoms with Crippen molar-refractivity contribution in [1.82, 2.24) is 0 Å². The number of nitrogens with one attached hydrogen (secondary N) is 1. The number of hydrogen-bond acceptors (Lipinski definition) is 4. The van der Waals surface area contributed by atoms with E-state index in [1.54, 1.807) is 38.1 Å². The molecule has 6 nitrogen and oxygen atoms in total. The van der Waals surface area contributed by atoms with Crippen molar-refractivity contribution in [3.8, 4) is 0 Å². The Hall–Kier alpha value is -2.63. The second-order valence-corrected chi connectivity index (χ2v) is 6.86. The highest BCUT2D eigenvalue weighted by atomic mass is 16.5. The van der Waals surface area contributed by atoms with Crippen LogP contribution < -0.4 is 5.32 Å². The molecule has 1 aromatic rings. The van der Waals surface area contributed by atoms with Gasteiger partial charge in [0.05, 0.1) is 23.5 Å². The molecule has 0 spiro atoms. The lowest BCUT2D eigenvalue weighted by atomic mass is 9.82. The van der Waals surface area contributed by atoms with Gasteiger partial charge in [-0.3, -0.25) is 9.59 Å². The van der Waals surface area contributed by atoms with Crippen molar-refractivity contribution in [3.05, 3.63) is 42.0 Å². The Morgan fingerprint density at radius 2 is 1.68 bits per heavy atom. The number of fused-ring (bicyclic) bond motifs is 2. The van der Waals surface area contributed by atoms with Crippen LogP contribution in [0.3, 0.4) is 0 Å². The van der Waals surface area contributed by atoms with E-state index in [9.17, 15) is 19.5 Å². The first-order chi connectivity index (χ1) is 11.9. The van der Waals surface area contributed by atoms with Crippen molar-refractivity contribution in [2.45, 2.75) is 26.4 Å². The Morgan fingerprint density at radius 3 is 2.24 bits per heavy atom. The molecule has 25 heavy (non-hydrogen) atoms. The Bertz CT molecular complexity index is 722. The van der Waals surface area contributed by atoms with Crippen LogP contribution in [0.4, 0.5) is 5.69 Å². The summed E-state index contributed by atoms with van der Waals surface area (Å²) >= 11 is 0. The SMILES string of the molecule is CC(C)OC(=O)c1ccc(NC(=O)[C@@H]2[C@@H](C(=O)O)[C@H]3C=C[C@@H]2C3)cc1. The number of carboxylic acids is 1. The number of aliphatic carboxylic acids is 1. The predicted molar refractivity (Wildman–Crippen MR) is 91.0 cm³/mol. The number of esters is 1. The van der Waals surface area contributed by atoms with Crippen LogP contribution in [0, 0.1) is 23.7 Å². The fourth-order valence-electron chi connectivity index (χ4n) is 3.71. The maximum Gasteiger partial charge on any atom is 0.338 e. The summed E-state index contributed by atoms with van der Waals surface area (Å²) in [7, 11) is 0. The third kappa shape index (κ3) is 3.43. The smallest absolute Gasteiger partial charge is 0.338 e. The molecule has 132 valence electrons. The van der Waals surface area contributed by atoms with Crippen molar-refractivity contribution in [2.24, 2.45) is 23.7 Å². The molecule has 0 heterocycles. The first-order valence-corrected chi connectivity index (χ1v) is 8.40. The molecule has 0 unspecified atom stereocenters. The van der Waals surface area contributed by atoms with Gasteiger partial charge in [0.25, 0.3) is 0 Å². The minimum atomic E-state index is -0.927. The van der Waals surface area contributed by atoms with E-state index in [4.69, 9.17) is 4.74 Å². The minimum Gasteiger partial charge on any atom is -0.481 e. The third-order valence-electron chi connectivity index (χ3n) is 4.78. The quantitative estimate of drug-likeness (QED) is 0.633. The molecule has 3 rings (SSSR count). The van der Waals surface area contributed by atoms with E-state index >= 15 is 0 Å². The van der Waals surface area contributed by atoms with E-state index in [1.165, 1.54) is 0 Å². The van der Waals surface area contributed by atoms with Gasteiger partial charge in [0.2, 0.25) is 5.91 Å². The summed E-state index contributed by atoms with van der Waals surface area (Å²) in [5.41, 5.74) is 0.931. The zero-order chi connectivity index (χ0) is 18.1. The molecule has 1 fully saturated rings. The number of benzene rings is 1. The van der Waals surface area contributed by atoms with E-state index in [2.05, 4.69) is 5.32 Å². The molecule has 4 atom stereocenters. The largest absolute Gasteiger partial charge is 0.481 e. The van der Waals surface area contributed by atoms with Crippen LogP contribution in [-0.2, 0) is 14.3 Å². The molecule has 1 saturated carbocycles. The number of carbonyl (C=O) groups is 3. The van der Waals surface area contributed by atoms with Crippen molar-refractivity contribution in [3.63, 3.8) is 0 Å². The van der Waals surface area contributed by atoms with Gasteiger partial charge in [-0.15, -0.1) is 0 Å².